The highest BCUT2D eigenvalue weighted by Gasteiger charge is 2.59. The van der Waals surface area contributed by atoms with E-state index in [9.17, 15) is 15.3 Å². The summed E-state index contributed by atoms with van der Waals surface area (Å²) in [4.78, 5) is 0. The smallest absolute Gasteiger partial charge is 0.111 e. The van der Waals surface area contributed by atoms with Crippen molar-refractivity contribution in [3.63, 3.8) is 0 Å². The normalized spacial score (nSPS) is 43.1. The molecule has 4 fully saturated rings. The van der Waals surface area contributed by atoms with E-state index in [2.05, 4.69) is 40.7 Å². The molecule has 1 saturated heterocycles. The Morgan fingerprint density at radius 2 is 1.63 bits per heavy atom. The van der Waals surface area contributed by atoms with Crippen molar-refractivity contribution < 1.29 is 29.5 Å². The second-order valence-electron chi connectivity index (χ2n) is 17.0. The average Bonchev–Trinajstić information content (AvgIpc) is 3.38. The maximum Gasteiger partial charge on any atom is 0.111 e. The van der Waals surface area contributed by atoms with Crippen LogP contribution in [0.1, 0.15) is 131 Å². The number of rotatable bonds is 15. The molecular weight excluding hydrogens is 596 g/mol. The SMILES string of the molecule is CC(C)CCC[C@@H](C)[C@H]1CC[C@H]2[C@@H]3CC=C4CC(OCCCCCCO[C@H]5[C@@H](O)[C@H](O)[C@@H](CO)O[C@@H]5[S-])CC[C@]4(C)[C@H]3CC[C@]12C. The lowest BCUT2D eigenvalue weighted by Crippen LogP contribution is -2.58. The van der Waals surface area contributed by atoms with Crippen molar-refractivity contribution in [3.8, 4) is 0 Å². The van der Waals surface area contributed by atoms with Gasteiger partial charge in [0, 0.05) is 13.2 Å². The molecule has 0 aromatic heterocycles. The molecule has 1 unspecified atom stereocenters. The average molecular weight is 664 g/mol. The Morgan fingerprint density at radius 1 is 0.891 bits per heavy atom. The number of aliphatic hydroxyl groups is 3. The van der Waals surface area contributed by atoms with Crippen LogP contribution in [0.2, 0.25) is 0 Å². The Labute approximate surface area is 286 Å². The van der Waals surface area contributed by atoms with Crippen LogP contribution < -0.4 is 0 Å². The summed E-state index contributed by atoms with van der Waals surface area (Å²) in [6, 6.07) is 0. The molecule has 1 aliphatic heterocycles. The molecule has 0 bridgehead atoms. The molecule has 0 spiro atoms. The predicted molar refractivity (Wildman–Crippen MR) is 186 cm³/mol. The van der Waals surface area contributed by atoms with Gasteiger partial charge in [-0.15, -0.1) is 0 Å². The van der Waals surface area contributed by atoms with E-state index in [1.54, 1.807) is 5.57 Å². The van der Waals surface area contributed by atoms with E-state index >= 15 is 0 Å². The first-order chi connectivity index (χ1) is 22.0. The summed E-state index contributed by atoms with van der Waals surface area (Å²) in [6.07, 6.45) is 18.0. The van der Waals surface area contributed by atoms with Crippen LogP contribution in [-0.4, -0.2) is 71.1 Å². The lowest BCUT2D eigenvalue weighted by Gasteiger charge is -2.58. The fourth-order valence-electron chi connectivity index (χ4n) is 11.1. The zero-order chi connectivity index (χ0) is 33.1. The third kappa shape index (κ3) is 7.92. The predicted octanol–water partition coefficient (Wildman–Crippen LogP) is 7.34. The molecule has 13 atom stereocenters. The van der Waals surface area contributed by atoms with Crippen LogP contribution in [-0.2, 0) is 26.8 Å². The van der Waals surface area contributed by atoms with E-state index in [1.165, 1.54) is 64.2 Å². The molecule has 6 nitrogen and oxygen atoms in total. The molecule has 0 aromatic rings. The molecule has 0 amide bonds. The molecule has 3 saturated carbocycles. The monoisotopic (exact) mass is 663 g/mol. The van der Waals surface area contributed by atoms with Crippen LogP contribution in [0.4, 0.5) is 0 Å². The van der Waals surface area contributed by atoms with Gasteiger partial charge in [0.05, 0.1) is 18.8 Å². The molecule has 5 aliphatic rings. The van der Waals surface area contributed by atoms with Gasteiger partial charge in [0.15, 0.2) is 0 Å². The van der Waals surface area contributed by atoms with E-state index in [4.69, 9.17) is 26.8 Å². The summed E-state index contributed by atoms with van der Waals surface area (Å²) in [5.74, 6) is 5.29. The highest BCUT2D eigenvalue weighted by molar-refractivity contribution is 7.59. The van der Waals surface area contributed by atoms with E-state index in [0.29, 0.717) is 23.5 Å². The lowest BCUT2D eigenvalue weighted by molar-refractivity contribution is -0.218. The van der Waals surface area contributed by atoms with Crippen molar-refractivity contribution in [1.29, 1.82) is 0 Å². The highest BCUT2D eigenvalue weighted by Crippen LogP contribution is 2.67. The summed E-state index contributed by atoms with van der Waals surface area (Å²) in [5.41, 5.74) is 1.86. The Kier molecular flexibility index (Phi) is 13.1. The Bertz CT molecular complexity index is 990. The van der Waals surface area contributed by atoms with Crippen molar-refractivity contribution in [3.05, 3.63) is 11.6 Å². The lowest BCUT2D eigenvalue weighted by atomic mass is 9.47. The maximum atomic E-state index is 10.3. The first kappa shape index (κ1) is 37.1. The maximum absolute atomic E-state index is 10.3. The standard InChI is InChI=1S/C39H68O6S/c1-25(2)11-10-12-26(3)30-15-16-31-29-14-13-27-23-28(17-19-38(27,4)32(29)18-20-39(30,31)5)43-21-8-6-7-9-22-44-36-35(42)34(41)33(24-40)45-37(36)46/h13,25-26,28-37,40-42,46H,6-12,14-24H2,1-5H3/p-1/t26-,28?,29+,30-,31+,32+,33-,34-,35+,36+,37-,38+,39-/m1/s1. The number of unbranched alkanes of at least 4 members (excludes halogenated alkanes) is 3. The third-order valence-corrected chi connectivity index (χ3v) is 14.2. The Balaban J connectivity index is 1.02. The van der Waals surface area contributed by atoms with E-state index in [1.807, 2.05) is 0 Å². The number of allylic oxidation sites excluding steroid dienone is 1. The summed E-state index contributed by atoms with van der Waals surface area (Å²) in [7, 11) is 0. The van der Waals surface area contributed by atoms with Crippen LogP contribution in [0.3, 0.4) is 0 Å². The molecule has 5 rings (SSSR count). The number of hydrogen-bond donors (Lipinski definition) is 3. The summed E-state index contributed by atoms with van der Waals surface area (Å²) < 4.78 is 17.7. The van der Waals surface area contributed by atoms with Gasteiger partial charge >= 0.3 is 0 Å². The number of aliphatic hydroxyl groups excluding tert-OH is 3. The first-order valence-corrected chi connectivity index (χ1v) is 19.7. The fraction of sp³-hybridized carbons (Fsp3) is 0.949. The van der Waals surface area contributed by atoms with Crippen molar-refractivity contribution in [2.75, 3.05) is 19.8 Å². The third-order valence-electron chi connectivity index (χ3n) is 13.8. The summed E-state index contributed by atoms with van der Waals surface area (Å²) in [5, 5.41) is 29.7. The number of hydrogen-bond acceptors (Lipinski definition) is 7. The molecule has 1 heterocycles. The van der Waals surface area contributed by atoms with E-state index < -0.39 is 29.9 Å². The first-order valence-electron chi connectivity index (χ1n) is 19.2. The molecule has 0 radical (unpaired) electrons. The van der Waals surface area contributed by atoms with Crippen molar-refractivity contribution >= 4 is 12.6 Å². The quantitative estimate of drug-likeness (QED) is 0.0960. The van der Waals surface area contributed by atoms with Crippen LogP contribution in [0.5, 0.6) is 0 Å². The second kappa shape index (κ2) is 16.2. The molecule has 266 valence electrons. The zero-order valence-electron chi connectivity index (χ0n) is 29.7. The van der Waals surface area contributed by atoms with Gasteiger partial charge in [0.25, 0.3) is 0 Å². The number of fused-ring (bicyclic) bond motifs is 5. The molecule has 4 aliphatic carbocycles. The largest absolute Gasteiger partial charge is 0.759 e. The van der Waals surface area contributed by atoms with Crippen molar-refractivity contribution in [1.82, 2.24) is 0 Å². The minimum Gasteiger partial charge on any atom is -0.759 e. The molecule has 46 heavy (non-hydrogen) atoms. The fourth-order valence-corrected chi connectivity index (χ4v) is 11.4. The topological polar surface area (TPSA) is 88.4 Å². The molecule has 0 aromatic carbocycles. The van der Waals surface area contributed by atoms with Gasteiger partial charge in [-0.25, -0.2) is 0 Å². The van der Waals surface area contributed by atoms with Crippen molar-refractivity contribution in [2.45, 2.75) is 167 Å². The van der Waals surface area contributed by atoms with Crippen LogP contribution in [0, 0.1) is 46.3 Å². The summed E-state index contributed by atoms with van der Waals surface area (Å²) >= 11 is 5.25. The molecule has 7 heteroatoms. The zero-order valence-corrected chi connectivity index (χ0v) is 30.5. The minimum absolute atomic E-state index is 0.363. The highest BCUT2D eigenvalue weighted by atomic mass is 32.1. The molecular formula is C39H67O6S-. The van der Waals surface area contributed by atoms with E-state index in [0.717, 1.165) is 74.2 Å². The van der Waals surface area contributed by atoms with Gasteiger partial charge in [-0.2, -0.15) is 0 Å². The summed E-state index contributed by atoms with van der Waals surface area (Å²) in [6.45, 7) is 13.5. The number of ether oxygens (including phenoxy) is 3. The van der Waals surface area contributed by atoms with Gasteiger partial charge in [-0.3, -0.25) is 0 Å². The van der Waals surface area contributed by atoms with Crippen LogP contribution in [0.25, 0.3) is 0 Å². The second-order valence-corrected chi connectivity index (χ2v) is 17.4. The van der Waals surface area contributed by atoms with Gasteiger partial charge in [-0.1, -0.05) is 78.4 Å². The Hall–Kier alpha value is -0.150. The van der Waals surface area contributed by atoms with Gasteiger partial charge in [0.2, 0.25) is 0 Å². The van der Waals surface area contributed by atoms with Crippen LogP contribution >= 0.6 is 0 Å². The molecule has 3 N–H and O–H groups in total. The Morgan fingerprint density at radius 3 is 2.35 bits per heavy atom. The van der Waals surface area contributed by atoms with Gasteiger partial charge in [0.1, 0.15) is 18.3 Å². The van der Waals surface area contributed by atoms with E-state index in [-0.39, 0.29) is 6.61 Å². The van der Waals surface area contributed by atoms with Gasteiger partial charge in [-0.05, 0) is 116 Å². The van der Waals surface area contributed by atoms with Gasteiger partial charge < -0.3 is 42.2 Å². The minimum atomic E-state index is -1.19. The van der Waals surface area contributed by atoms with Crippen LogP contribution in [0.15, 0.2) is 11.6 Å². The van der Waals surface area contributed by atoms with Crippen molar-refractivity contribution in [2.24, 2.45) is 46.3 Å².